The smallest absolute Gasteiger partial charge is 0.122 e. The molecule has 0 aliphatic rings. The monoisotopic (exact) mass is 293 g/mol. The zero-order valence-electron chi connectivity index (χ0n) is 14.3. The SMILES string of the molecule is COc1ccc(C)cc1C(CN)C(O)CC(C)C(C)(C)C. The number of methoxy groups -OCH3 is 1. The Kier molecular flexibility index (Phi) is 6.24. The molecule has 3 atom stereocenters. The summed E-state index contributed by atoms with van der Waals surface area (Å²) in [7, 11) is 1.66. The van der Waals surface area contributed by atoms with E-state index in [9.17, 15) is 5.11 Å². The summed E-state index contributed by atoms with van der Waals surface area (Å²) in [6.45, 7) is 11.3. The Bertz CT molecular complexity index is 451. The lowest BCUT2D eigenvalue weighted by Gasteiger charge is -2.32. The first kappa shape index (κ1) is 18.0. The summed E-state index contributed by atoms with van der Waals surface area (Å²) in [4.78, 5) is 0. The van der Waals surface area contributed by atoms with Gasteiger partial charge in [0.1, 0.15) is 5.75 Å². The van der Waals surface area contributed by atoms with E-state index in [0.717, 1.165) is 23.3 Å². The molecule has 1 aromatic rings. The summed E-state index contributed by atoms with van der Waals surface area (Å²) in [6.07, 6.45) is 0.280. The minimum Gasteiger partial charge on any atom is -0.496 e. The molecule has 0 fully saturated rings. The molecule has 120 valence electrons. The van der Waals surface area contributed by atoms with Crippen LogP contribution in [0.1, 0.15) is 51.2 Å². The number of hydrogen-bond donors (Lipinski definition) is 2. The van der Waals surface area contributed by atoms with Crippen LogP contribution in [0.3, 0.4) is 0 Å². The Morgan fingerprint density at radius 1 is 1.29 bits per heavy atom. The molecule has 1 aromatic carbocycles. The molecule has 0 heterocycles. The van der Waals surface area contributed by atoms with Crippen molar-refractivity contribution in [3.05, 3.63) is 29.3 Å². The highest BCUT2D eigenvalue weighted by Crippen LogP contribution is 2.35. The van der Waals surface area contributed by atoms with E-state index in [1.54, 1.807) is 7.11 Å². The Morgan fingerprint density at radius 3 is 2.38 bits per heavy atom. The van der Waals surface area contributed by atoms with Gasteiger partial charge in [-0.1, -0.05) is 45.4 Å². The van der Waals surface area contributed by atoms with Gasteiger partial charge in [0.2, 0.25) is 0 Å². The molecule has 0 saturated carbocycles. The summed E-state index contributed by atoms with van der Waals surface area (Å²) in [5, 5.41) is 10.7. The maximum atomic E-state index is 10.7. The summed E-state index contributed by atoms with van der Waals surface area (Å²) in [6, 6.07) is 6.04. The van der Waals surface area contributed by atoms with Crippen molar-refractivity contribution in [3.8, 4) is 5.75 Å². The number of nitrogens with two attached hydrogens (primary N) is 1. The van der Waals surface area contributed by atoms with Crippen LogP contribution < -0.4 is 10.5 Å². The van der Waals surface area contributed by atoms with Crippen molar-refractivity contribution in [2.75, 3.05) is 13.7 Å². The quantitative estimate of drug-likeness (QED) is 0.844. The number of aryl methyl sites for hydroxylation is 1. The number of aliphatic hydroxyl groups excluding tert-OH is 1. The van der Waals surface area contributed by atoms with Gasteiger partial charge in [-0.2, -0.15) is 0 Å². The van der Waals surface area contributed by atoms with Gasteiger partial charge in [0, 0.05) is 18.0 Å². The van der Waals surface area contributed by atoms with Gasteiger partial charge in [-0.15, -0.1) is 0 Å². The van der Waals surface area contributed by atoms with Crippen LogP contribution in [0.25, 0.3) is 0 Å². The van der Waals surface area contributed by atoms with E-state index in [4.69, 9.17) is 10.5 Å². The van der Waals surface area contributed by atoms with Gasteiger partial charge < -0.3 is 15.6 Å². The molecule has 0 aliphatic heterocycles. The van der Waals surface area contributed by atoms with Gasteiger partial charge in [0.05, 0.1) is 13.2 Å². The van der Waals surface area contributed by atoms with Crippen molar-refractivity contribution in [2.24, 2.45) is 17.1 Å². The molecule has 0 aromatic heterocycles. The second-order valence-electron chi connectivity index (χ2n) is 7.16. The van der Waals surface area contributed by atoms with Crippen molar-refractivity contribution in [1.82, 2.24) is 0 Å². The predicted octanol–water partition coefficient (Wildman–Crippen LogP) is 3.48. The first-order valence-corrected chi connectivity index (χ1v) is 7.73. The number of benzene rings is 1. The standard InChI is InChI=1S/C18H31NO2/c1-12-7-8-17(21-6)14(9-12)15(11-19)16(20)10-13(2)18(3,4)5/h7-9,13,15-16,20H,10-11,19H2,1-6H3. The van der Waals surface area contributed by atoms with Crippen LogP contribution in [0.15, 0.2) is 18.2 Å². The summed E-state index contributed by atoms with van der Waals surface area (Å²) in [5.74, 6) is 1.13. The maximum Gasteiger partial charge on any atom is 0.122 e. The van der Waals surface area contributed by atoms with E-state index in [0.29, 0.717) is 12.5 Å². The van der Waals surface area contributed by atoms with Crippen molar-refractivity contribution in [1.29, 1.82) is 0 Å². The molecule has 3 nitrogen and oxygen atoms in total. The summed E-state index contributed by atoms with van der Waals surface area (Å²) >= 11 is 0. The summed E-state index contributed by atoms with van der Waals surface area (Å²) in [5.41, 5.74) is 8.29. The highest BCUT2D eigenvalue weighted by Gasteiger charge is 2.28. The molecule has 3 N–H and O–H groups in total. The van der Waals surface area contributed by atoms with Crippen LogP contribution >= 0.6 is 0 Å². The van der Waals surface area contributed by atoms with Crippen molar-refractivity contribution in [2.45, 2.75) is 53.1 Å². The van der Waals surface area contributed by atoms with Gasteiger partial charge in [-0.25, -0.2) is 0 Å². The predicted molar refractivity (Wildman–Crippen MR) is 88.8 cm³/mol. The minimum absolute atomic E-state index is 0.0929. The molecule has 1 rings (SSSR count). The normalized spacial score (nSPS) is 16.4. The molecule has 0 bridgehead atoms. The first-order valence-electron chi connectivity index (χ1n) is 7.73. The Morgan fingerprint density at radius 2 is 1.90 bits per heavy atom. The fourth-order valence-electron chi connectivity index (χ4n) is 2.51. The van der Waals surface area contributed by atoms with E-state index < -0.39 is 6.10 Å². The van der Waals surface area contributed by atoms with Crippen LogP contribution in [0.2, 0.25) is 0 Å². The number of rotatable bonds is 6. The molecule has 3 heteroatoms. The average molecular weight is 293 g/mol. The fourth-order valence-corrected chi connectivity index (χ4v) is 2.51. The lowest BCUT2D eigenvalue weighted by atomic mass is 9.76. The van der Waals surface area contributed by atoms with Gasteiger partial charge >= 0.3 is 0 Å². The molecular formula is C18H31NO2. The van der Waals surface area contributed by atoms with E-state index >= 15 is 0 Å². The molecule has 0 amide bonds. The first-order chi connectivity index (χ1) is 9.70. The third-order valence-electron chi connectivity index (χ3n) is 4.58. The Balaban J connectivity index is 2.99. The second kappa shape index (κ2) is 7.28. The number of hydrogen-bond acceptors (Lipinski definition) is 3. The lowest BCUT2D eigenvalue weighted by molar-refractivity contribution is 0.0887. The largest absolute Gasteiger partial charge is 0.496 e. The Labute approximate surface area is 129 Å². The average Bonchev–Trinajstić information content (AvgIpc) is 2.38. The van der Waals surface area contributed by atoms with Gasteiger partial charge in [0.15, 0.2) is 0 Å². The van der Waals surface area contributed by atoms with E-state index in [1.807, 2.05) is 19.1 Å². The Hall–Kier alpha value is -1.06. The van der Waals surface area contributed by atoms with Crippen LogP contribution in [-0.4, -0.2) is 24.9 Å². The van der Waals surface area contributed by atoms with E-state index in [2.05, 4.69) is 33.8 Å². The summed E-state index contributed by atoms with van der Waals surface area (Å²) < 4.78 is 5.44. The molecular weight excluding hydrogens is 262 g/mol. The third kappa shape index (κ3) is 4.72. The van der Waals surface area contributed by atoms with Crippen molar-refractivity contribution in [3.63, 3.8) is 0 Å². The molecule has 0 spiro atoms. The lowest BCUT2D eigenvalue weighted by Crippen LogP contribution is -2.31. The molecule has 21 heavy (non-hydrogen) atoms. The van der Waals surface area contributed by atoms with E-state index in [-0.39, 0.29) is 11.3 Å². The molecule has 0 aliphatic carbocycles. The van der Waals surface area contributed by atoms with Crippen LogP contribution in [0.5, 0.6) is 5.75 Å². The van der Waals surface area contributed by atoms with Gasteiger partial charge in [0.25, 0.3) is 0 Å². The van der Waals surface area contributed by atoms with Crippen molar-refractivity contribution >= 4 is 0 Å². The molecule has 3 unspecified atom stereocenters. The topological polar surface area (TPSA) is 55.5 Å². The van der Waals surface area contributed by atoms with Gasteiger partial charge in [-0.05, 0) is 30.7 Å². The minimum atomic E-state index is -0.458. The number of ether oxygens (including phenoxy) is 1. The highest BCUT2D eigenvalue weighted by atomic mass is 16.5. The third-order valence-corrected chi connectivity index (χ3v) is 4.58. The fraction of sp³-hybridized carbons (Fsp3) is 0.667. The van der Waals surface area contributed by atoms with Gasteiger partial charge in [-0.3, -0.25) is 0 Å². The van der Waals surface area contributed by atoms with Crippen LogP contribution in [-0.2, 0) is 0 Å². The van der Waals surface area contributed by atoms with Crippen molar-refractivity contribution < 1.29 is 9.84 Å². The maximum absolute atomic E-state index is 10.7. The van der Waals surface area contributed by atoms with E-state index in [1.165, 1.54) is 0 Å². The molecule has 0 radical (unpaired) electrons. The zero-order chi connectivity index (χ0) is 16.2. The highest BCUT2D eigenvalue weighted by molar-refractivity contribution is 5.40. The second-order valence-corrected chi connectivity index (χ2v) is 7.16. The number of aliphatic hydroxyl groups is 1. The zero-order valence-corrected chi connectivity index (χ0v) is 14.3. The molecule has 0 saturated heterocycles. The van der Waals surface area contributed by atoms with Crippen LogP contribution in [0, 0.1) is 18.3 Å². The van der Waals surface area contributed by atoms with Crippen LogP contribution in [0.4, 0.5) is 0 Å².